The molecule has 0 spiro atoms. The lowest BCUT2D eigenvalue weighted by Crippen LogP contribution is -2.53. The van der Waals surface area contributed by atoms with Crippen molar-refractivity contribution < 1.29 is 18.0 Å². The molecule has 2 amide bonds. The molecule has 218 valence electrons. The van der Waals surface area contributed by atoms with Crippen LogP contribution in [0.4, 0.5) is 5.69 Å². The van der Waals surface area contributed by atoms with Crippen LogP contribution in [0.25, 0.3) is 0 Å². The largest absolute Gasteiger partial charge is 0.354 e. The van der Waals surface area contributed by atoms with Gasteiger partial charge in [-0.15, -0.1) is 0 Å². The van der Waals surface area contributed by atoms with Gasteiger partial charge in [0.2, 0.25) is 11.8 Å². The van der Waals surface area contributed by atoms with Crippen LogP contribution in [-0.2, 0) is 32.6 Å². The van der Waals surface area contributed by atoms with Gasteiger partial charge in [0.15, 0.2) is 0 Å². The first-order chi connectivity index (χ1) is 20.3. The van der Waals surface area contributed by atoms with Crippen molar-refractivity contribution in [1.82, 2.24) is 10.2 Å². The lowest BCUT2D eigenvalue weighted by atomic mass is 10.0. The normalized spacial score (nSPS) is 11.9. The van der Waals surface area contributed by atoms with Crippen LogP contribution in [0.15, 0.2) is 120 Å². The number of nitrogens with zero attached hydrogens (tertiary/aromatic N) is 2. The Hall–Kier alpha value is -4.14. The number of anilines is 1. The highest BCUT2D eigenvalue weighted by Gasteiger charge is 2.35. The summed E-state index contributed by atoms with van der Waals surface area (Å²) in [4.78, 5) is 29.4. The molecule has 4 aromatic carbocycles. The summed E-state index contributed by atoms with van der Waals surface area (Å²) in [6, 6.07) is 32.3. The van der Waals surface area contributed by atoms with Crippen molar-refractivity contribution in [2.24, 2.45) is 0 Å². The minimum Gasteiger partial charge on any atom is -0.354 e. The van der Waals surface area contributed by atoms with Crippen molar-refractivity contribution in [1.29, 1.82) is 0 Å². The summed E-state index contributed by atoms with van der Waals surface area (Å²) < 4.78 is 28.9. The summed E-state index contributed by atoms with van der Waals surface area (Å²) >= 11 is 6.49. The Bertz CT molecular complexity index is 1570. The zero-order valence-electron chi connectivity index (χ0n) is 23.4. The molecular formula is C33H34ClN3O4S. The average molecular weight is 604 g/mol. The topological polar surface area (TPSA) is 86.8 Å². The van der Waals surface area contributed by atoms with Crippen LogP contribution in [0.3, 0.4) is 0 Å². The quantitative estimate of drug-likeness (QED) is 0.212. The molecule has 42 heavy (non-hydrogen) atoms. The molecule has 0 radical (unpaired) electrons. The maximum atomic E-state index is 14.3. The number of carbonyl (C=O) groups is 2. The van der Waals surface area contributed by atoms with Gasteiger partial charge in [-0.25, -0.2) is 8.42 Å². The molecule has 1 atom stereocenters. The van der Waals surface area contributed by atoms with Gasteiger partial charge in [-0.2, -0.15) is 0 Å². The van der Waals surface area contributed by atoms with Crippen molar-refractivity contribution in [2.45, 2.75) is 37.2 Å². The van der Waals surface area contributed by atoms with Crippen LogP contribution < -0.4 is 9.62 Å². The van der Waals surface area contributed by atoms with Gasteiger partial charge in [0, 0.05) is 19.5 Å². The van der Waals surface area contributed by atoms with Crippen molar-refractivity contribution in [3.05, 3.63) is 131 Å². The summed E-state index contributed by atoms with van der Waals surface area (Å²) in [5, 5.41) is 3.12. The Morgan fingerprint density at radius 3 is 1.93 bits per heavy atom. The molecule has 0 fully saturated rings. The fourth-order valence-electron chi connectivity index (χ4n) is 4.59. The summed E-state index contributed by atoms with van der Waals surface area (Å²) in [5.41, 5.74) is 1.85. The maximum absolute atomic E-state index is 14.3. The number of hydrogen-bond donors (Lipinski definition) is 1. The number of nitrogens with one attached hydrogen (secondary N) is 1. The van der Waals surface area contributed by atoms with E-state index < -0.39 is 28.5 Å². The monoisotopic (exact) mass is 603 g/mol. The highest BCUT2D eigenvalue weighted by Crippen LogP contribution is 2.31. The van der Waals surface area contributed by atoms with Crippen molar-refractivity contribution in [3.8, 4) is 0 Å². The van der Waals surface area contributed by atoms with E-state index in [9.17, 15) is 18.0 Å². The minimum absolute atomic E-state index is 0.0221. The zero-order valence-corrected chi connectivity index (χ0v) is 25.0. The molecule has 1 N–H and O–H groups in total. The average Bonchev–Trinajstić information content (AvgIpc) is 3.02. The van der Waals surface area contributed by atoms with Gasteiger partial charge < -0.3 is 10.2 Å². The van der Waals surface area contributed by atoms with E-state index in [0.29, 0.717) is 6.54 Å². The summed E-state index contributed by atoms with van der Waals surface area (Å²) in [6.45, 7) is 1.96. The van der Waals surface area contributed by atoms with Crippen molar-refractivity contribution >= 4 is 39.1 Å². The summed E-state index contributed by atoms with van der Waals surface area (Å²) in [6.07, 6.45) is 0.985. The second-order valence-corrected chi connectivity index (χ2v) is 12.0. The van der Waals surface area contributed by atoms with Crippen LogP contribution >= 0.6 is 11.6 Å². The van der Waals surface area contributed by atoms with Crippen molar-refractivity contribution in [2.75, 3.05) is 17.4 Å². The SMILES string of the molecule is CCCNC(=O)[C@H](Cc1ccccc1)N(Cc1ccccc1)C(=O)CN(c1ccccc1Cl)S(=O)(=O)c1ccccc1. The van der Waals surface area contributed by atoms with Crippen molar-refractivity contribution in [3.63, 3.8) is 0 Å². The standard InChI is InChI=1S/C33H34ClN3O4S/c1-2-22-35-33(39)31(23-26-14-6-3-7-15-26)36(24-27-16-8-4-9-17-27)32(38)25-37(30-21-13-12-20-29(30)34)42(40,41)28-18-10-5-11-19-28/h3-21,31H,2,22-25H2,1H3,(H,35,39)/t31-/m0/s1. The highest BCUT2D eigenvalue weighted by atomic mass is 35.5. The van der Waals surface area contributed by atoms with E-state index in [-0.39, 0.29) is 34.5 Å². The van der Waals surface area contributed by atoms with Crippen LogP contribution in [0.2, 0.25) is 5.02 Å². The molecular weight excluding hydrogens is 570 g/mol. The third kappa shape index (κ3) is 7.78. The lowest BCUT2D eigenvalue weighted by Gasteiger charge is -2.34. The van der Waals surface area contributed by atoms with Crippen LogP contribution in [0.5, 0.6) is 0 Å². The van der Waals surface area contributed by atoms with Gasteiger partial charge in [0.05, 0.1) is 15.6 Å². The number of rotatable bonds is 13. The Labute approximate surface area is 252 Å². The Kier molecular flexibility index (Phi) is 10.8. The Morgan fingerprint density at radius 1 is 0.786 bits per heavy atom. The highest BCUT2D eigenvalue weighted by molar-refractivity contribution is 7.92. The summed E-state index contributed by atoms with van der Waals surface area (Å²) in [5.74, 6) is -0.842. The predicted octanol–water partition coefficient (Wildman–Crippen LogP) is 5.70. The number of halogens is 1. The molecule has 0 aliphatic carbocycles. The molecule has 0 aromatic heterocycles. The van der Waals surface area contributed by atoms with E-state index in [1.807, 2.05) is 67.6 Å². The number of sulfonamides is 1. The first-order valence-corrected chi connectivity index (χ1v) is 15.6. The van der Waals surface area contributed by atoms with Crippen LogP contribution in [0.1, 0.15) is 24.5 Å². The van der Waals surface area contributed by atoms with Gasteiger partial charge in [0.1, 0.15) is 12.6 Å². The van der Waals surface area contributed by atoms with E-state index in [0.717, 1.165) is 21.9 Å². The smallest absolute Gasteiger partial charge is 0.264 e. The van der Waals surface area contributed by atoms with Gasteiger partial charge >= 0.3 is 0 Å². The van der Waals surface area contributed by atoms with Gasteiger partial charge in [0.25, 0.3) is 10.0 Å². The predicted molar refractivity (Wildman–Crippen MR) is 167 cm³/mol. The molecule has 0 unspecified atom stereocenters. The molecule has 0 saturated heterocycles. The van der Waals surface area contributed by atoms with Crippen LogP contribution in [-0.4, -0.2) is 44.3 Å². The molecule has 0 bridgehead atoms. The lowest BCUT2D eigenvalue weighted by molar-refractivity contribution is -0.140. The van der Waals surface area contributed by atoms with Gasteiger partial charge in [-0.05, 0) is 41.8 Å². The Morgan fingerprint density at radius 2 is 1.33 bits per heavy atom. The summed E-state index contributed by atoms with van der Waals surface area (Å²) in [7, 11) is -4.20. The first-order valence-electron chi connectivity index (χ1n) is 13.8. The first kappa shape index (κ1) is 30.8. The van der Waals surface area contributed by atoms with E-state index in [1.165, 1.54) is 17.0 Å². The third-order valence-electron chi connectivity index (χ3n) is 6.75. The molecule has 4 aromatic rings. The number of para-hydroxylation sites is 1. The fourth-order valence-corrected chi connectivity index (χ4v) is 6.33. The second kappa shape index (κ2) is 14.7. The molecule has 0 aliphatic rings. The van der Waals surface area contributed by atoms with Gasteiger partial charge in [-0.1, -0.05) is 110 Å². The fraction of sp³-hybridized carbons (Fsp3) is 0.212. The second-order valence-electron chi connectivity index (χ2n) is 9.78. The van der Waals surface area contributed by atoms with E-state index in [2.05, 4.69) is 5.32 Å². The number of carbonyl (C=O) groups excluding carboxylic acids is 2. The number of benzene rings is 4. The Balaban J connectivity index is 1.78. The van der Waals surface area contributed by atoms with E-state index in [1.54, 1.807) is 42.5 Å². The number of amides is 2. The zero-order chi connectivity index (χ0) is 30.0. The minimum atomic E-state index is -4.20. The molecule has 4 rings (SSSR count). The molecule has 9 heteroatoms. The molecule has 0 heterocycles. The third-order valence-corrected chi connectivity index (χ3v) is 8.84. The molecule has 7 nitrogen and oxygen atoms in total. The maximum Gasteiger partial charge on any atom is 0.264 e. The molecule has 0 saturated carbocycles. The van der Waals surface area contributed by atoms with Gasteiger partial charge in [-0.3, -0.25) is 13.9 Å². The van der Waals surface area contributed by atoms with Crippen LogP contribution in [0, 0.1) is 0 Å². The van der Waals surface area contributed by atoms with E-state index >= 15 is 0 Å². The molecule has 0 aliphatic heterocycles. The van der Waals surface area contributed by atoms with E-state index in [4.69, 9.17) is 11.6 Å². The number of hydrogen-bond acceptors (Lipinski definition) is 4.